The molecule has 0 amide bonds. The predicted molar refractivity (Wildman–Crippen MR) is 71.6 cm³/mol. The fourth-order valence-electron chi connectivity index (χ4n) is 2.72. The average molecular weight is 261 g/mol. The lowest BCUT2D eigenvalue weighted by Crippen LogP contribution is -2.32. The highest BCUT2D eigenvalue weighted by Crippen LogP contribution is 2.48. The summed E-state index contributed by atoms with van der Waals surface area (Å²) in [4.78, 5) is 14.6. The summed E-state index contributed by atoms with van der Waals surface area (Å²) < 4.78 is 2.03. The first-order valence-electron chi connectivity index (χ1n) is 6.01. The Morgan fingerprint density at radius 2 is 2.17 bits per heavy atom. The van der Waals surface area contributed by atoms with Gasteiger partial charge in [0.2, 0.25) is 6.08 Å². The van der Waals surface area contributed by atoms with Gasteiger partial charge in [0.15, 0.2) is 0 Å². The number of rotatable bonds is 2. The van der Waals surface area contributed by atoms with E-state index in [0.29, 0.717) is 5.02 Å². The molecule has 1 heterocycles. The van der Waals surface area contributed by atoms with Crippen LogP contribution in [-0.4, -0.2) is 10.6 Å². The van der Waals surface area contributed by atoms with Crippen molar-refractivity contribution in [2.75, 3.05) is 0 Å². The van der Waals surface area contributed by atoms with Crippen molar-refractivity contribution < 1.29 is 4.79 Å². The zero-order chi connectivity index (χ0) is 12.8. The number of hydrogen-bond donors (Lipinski definition) is 0. The van der Waals surface area contributed by atoms with Crippen LogP contribution in [0.4, 0.5) is 0 Å². The first kappa shape index (κ1) is 11.5. The van der Waals surface area contributed by atoms with Gasteiger partial charge in [-0.05, 0) is 37.0 Å². The third-order valence-corrected chi connectivity index (χ3v) is 4.35. The lowest BCUT2D eigenvalue weighted by molar-refractivity contribution is 0.256. The zero-order valence-electron chi connectivity index (χ0n) is 10.1. The minimum absolute atomic E-state index is 0.428. The summed E-state index contributed by atoms with van der Waals surface area (Å²) in [6.07, 6.45) is 6.51. The van der Waals surface area contributed by atoms with E-state index < -0.39 is 5.54 Å². The number of carbonyl (C=O) groups excluding carboxylic acids is 1. The summed E-state index contributed by atoms with van der Waals surface area (Å²) in [5, 5.41) is 1.73. The molecule has 1 aliphatic carbocycles. The van der Waals surface area contributed by atoms with Crippen molar-refractivity contribution >= 4 is 28.6 Å². The minimum atomic E-state index is -0.428. The molecule has 0 spiro atoms. The number of aromatic nitrogens is 1. The fraction of sp³-hybridized carbons (Fsp3) is 0.357. The van der Waals surface area contributed by atoms with E-state index in [1.165, 1.54) is 0 Å². The molecule has 1 aromatic carbocycles. The van der Waals surface area contributed by atoms with Crippen molar-refractivity contribution in [1.82, 2.24) is 4.57 Å². The number of isocyanates is 1. The van der Waals surface area contributed by atoms with Crippen molar-refractivity contribution in [3.63, 3.8) is 0 Å². The molecule has 2 aromatic rings. The molecule has 92 valence electrons. The number of hydrogen-bond acceptors (Lipinski definition) is 2. The highest BCUT2D eigenvalue weighted by Gasteiger charge is 2.40. The Hall–Kier alpha value is -1.57. The van der Waals surface area contributed by atoms with Crippen molar-refractivity contribution in [2.45, 2.75) is 24.8 Å². The number of fused-ring (bicyclic) bond motifs is 1. The Kier molecular flexibility index (Phi) is 2.54. The van der Waals surface area contributed by atoms with E-state index in [1.54, 1.807) is 6.08 Å². The Labute approximate surface area is 110 Å². The van der Waals surface area contributed by atoms with Gasteiger partial charge in [-0.25, -0.2) is 4.79 Å². The maximum Gasteiger partial charge on any atom is 0.235 e. The van der Waals surface area contributed by atoms with Crippen LogP contribution in [0.3, 0.4) is 0 Å². The van der Waals surface area contributed by atoms with E-state index in [2.05, 4.69) is 4.99 Å². The van der Waals surface area contributed by atoms with Crippen molar-refractivity contribution in [2.24, 2.45) is 12.0 Å². The second kappa shape index (κ2) is 3.98. The maximum absolute atomic E-state index is 10.6. The van der Waals surface area contributed by atoms with Crippen LogP contribution in [0.15, 0.2) is 29.4 Å². The van der Waals surface area contributed by atoms with Crippen molar-refractivity contribution in [3.05, 3.63) is 35.0 Å². The van der Waals surface area contributed by atoms with Crippen LogP contribution in [-0.2, 0) is 17.4 Å². The quantitative estimate of drug-likeness (QED) is 0.601. The van der Waals surface area contributed by atoms with Crippen molar-refractivity contribution in [1.29, 1.82) is 0 Å². The Morgan fingerprint density at radius 1 is 1.39 bits per heavy atom. The first-order chi connectivity index (χ1) is 8.68. The third-order valence-electron chi connectivity index (χ3n) is 3.94. The van der Waals surface area contributed by atoms with Crippen LogP contribution in [0, 0.1) is 0 Å². The first-order valence-corrected chi connectivity index (χ1v) is 6.39. The predicted octanol–water partition coefficient (Wildman–Crippen LogP) is 3.55. The second-order valence-electron chi connectivity index (χ2n) is 4.87. The van der Waals surface area contributed by atoms with Crippen LogP contribution < -0.4 is 0 Å². The van der Waals surface area contributed by atoms with Gasteiger partial charge in [-0.1, -0.05) is 17.7 Å². The second-order valence-corrected chi connectivity index (χ2v) is 5.25. The van der Waals surface area contributed by atoms with E-state index in [4.69, 9.17) is 11.6 Å². The molecule has 0 unspecified atom stereocenters. The normalized spacial score (nSPS) is 17.2. The van der Waals surface area contributed by atoms with Crippen LogP contribution in [0.5, 0.6) is 0 Å². The average Bonchev–Trinajstić information content (AvgIpc) is 2.68. The molecule has 0 N–H and O–H groups in total. The lowest BCUT2D eigenvalue weighted by atomic mass is 9.72. The standard InChI is InChI=1S/C14H13ClN2O/c1-17-8-5-10-12(17)4-3-11(13(10)15)14(16-9-18)6-2-7-14/h3-5,8H,2,6-7H2,1H3. The summed E-state index contributed by atoms with van der Waals surface area (Å²) in [6, 6.07) is 6.03. The van der Waals surface area contributed by atoms with E-state index in [-0.39, 0.29) is 0 Å². The van der Waals surface area contributed by atoms with Crippen LogP contribution in [0.2, 0.25) is 5.02 Å². The van der Waals surface area contributed by atoms with Gasteiger partial charge in [-0.3, -0.25) is 0 Å². The van der Waals surface area contributed by atoms with E-state index in [1.807, 2.05) is 36.0 Å². The number of nitrogens with zero attached hydrogens (tertiary/aromatic N) is 2. The summed E-state index contributed by atoms with van der Waals surface area (Å²) in [5.41, 5.74) is 1.62. The Morgan fingerprint density at radius 3 is 2.78 bits per heavy atom. The molecular formula is C14H13ClN2O. The molecule has 0 radical (unpaired) electrons. The summed E-state index contributed by atoms with van der Waals surface area (Å²) >= 11 is 6.48. The van der Waals surface area contributed by atoms with Gasteiger partial charge >= 0.3 is 0 Å². The van der Waals surface area contributed by atoms with Gasteiger partial charge in [0.1, 0.15) is 0 Å². The smallest absolute Gasteiger partial charge is 0.235 e. The van der Waals surface area contributed by atoms with Gasteiger partial charge in [0.05, 0.1) is 10.6 Å². The SMILES string of the molecule is Cn1ccc2c(Cl)c(C3(N=C=O)CCC3)ccc21. The number of halogens is 1. The lowest BCUT2D eigenvalue weighted by Gasteiger charge is -2.37. The topological polar surface area (TPSA) is 34.4 Å². The molecule has 1 aliphatic rings. The summed E-state index contributed by atoms with van der Waals surface area (Å²) in [6.45, 7) is 0. The maximum atomic E-state index is 10.6. The third kappa shape index (κ3) is 1.45. The van der Waals surface area contributed by atoms with Gasteiger partial charge in [0.25, 0.3) is 0 Å². The summed E-state index contributed by atoms with van der Waals surface area (Å²) in [7, 11) is 1.99. The molecule has 0 bridgehead atoms. The Bertz CT molecular complexity index is 664. The van der Waals surface area contributed by atoms with Gasteiger partial charge in [-0.15, -0.1) is 0 Å². The molecule has 0 aliphatic heterocycles. The zero-order valence-corrected chi connectivity index (χ0v) is 10.9. The van der Waals surface area contributed by atoms with Crippen molar-refractivity contribution in [3.8, 4) is 0 Å². The molecule has 0 saturated heterocycles. The van der Waals surface area contributed by atoms with Gasteiger partial charge in [0, 0.05) is 24.1 Å². The molecule has 1 aromatic heterocycles. The van der Waals surface area contributed by atoms with E-state index >= 15 is 0 Å². The largest absolute Gasteiger partial charge is 0.351 e. The number of benzene rings is 1. The minimum Gasteiger partial charge on any atom is -0.351 e. The molecule has 18 heavy (non-hydrogen) atoms. The molecule has 1 fully saturated rings. The number of aryl methyl sites for hydroxylation is 1. The number of aliphatic imine (C=N–C) groups is 1. The highest BCUT2D eigenvalue weighted by molar-refractivity contribution is 6.36. The molecular weight excluding hydrogens is 248 g/mol. The molecule has 3 rings (SSSR count). The Balaban J connectivity index is 2.24. The van der Waals surface area contributed by atoms with E-state index in [9.17, 15) is 4.79 Å². The fourth-order valence-corrected chi connectivity index (χ4v) is 3.11. The van der Waals surface area contributed by atoms with Crippen LogP contribution >= 0.6 is 11.6 Å². The molecule has 1 saturated carbocycles. The highest BCUT2D eigenvalue weighted by atomic mass is 35.5. The monoisotopic (exact) mass is 260 g/mol. The molecule has 0 atom stereocenters. The molecule has 4 heteroatoms. The molecule has 3 nitrogen and oxygen atoms in total. The summed E-state index contributed by atoms with van der Waals surface area (Å²) in [5.74, 6) is 0. The van der Waals surface area contributed by atoms with Gasteiger partial charge in [-0.2, -0.15) is 4.99 Å². The van der Waals surface area contributed by atoms with Crippen LogP contribution in [0.1, 0.15) is 24.8 Å². The van der Waals surface area contributed by atoms with Crippen LogP contribution in [0.25, 0.3) is 10.9 Å². The van der Waals surface area contributed by atoms with E-state index in [0.717, 1.165) is 35.7 Å². The van der Waals surface area contributed by atoms with Gasteiger partial charge < -0.3 is 4.57 Å².